The Hall–Kier alpha value is -2.21. The number of hydrogen-bond donors (Lipinski definition) is 2. The number of anilines is 1. The van der Waals surface area contributed by atoms with Crippen LogP contribution in [-0.2, 0) is 13.0 Å². The number of aryl methyl sites for hydroxylation is 1. The topological polar surface area (TPSA) is 100 Å². The Balaban J connectivity index is 1.43. The molecule has 1 aromatic carbocycles. The highest BCUT2D eigenvalue weighted by Gasteiger charge is 2.21. The van der Waals surface area contributed by atoms with Gasteiger partial charge in [-0.15, -0.1) is 0 Å². The average Bonchev–Trinajstić information content (AvgIpc) is 3.32. The molecule has 5 rings (SSSR count). The number of halogens is 2. The number of imidazole rings is 1. The van der Waals surface area contributed by atoms with Crippen molar-refractivity contribution in [1.82, 2.24) is 24.8 Å². The van der Waals surface area contributed by atoms with Gasteiger partial charge in [-0.25, -0.2) is 4.98 Å². The summed E-state index contributed by atoms with van der Waals surface area (Å²) in [5.41, 5.74) is 7.88. The van der Waals surface area contributed by atoms with E-state index in [1.165, 1.54) is 12.8 Å². The molecule has 1 fully saturated rings. The maximum Gasteiger partial charge on any atom is 0.312 e. The van der Waals surface area contributed by atoms with E-state index in [2.05, 4.69) is 42.9 Å². The smallest absolute Gasteiger partial charge is 0.312 e. The summed E-state index contributed by atoms with van der Waals surface area (Å²) in [5.74, 6) is 2.32. The second-order valence-corrected chi connectivity index (χ2v) is 8.80. The molecular formula is C20H22FIN6O2. The standard InChI is InChI=1S/C20H22FIN6O2/c21-20-26-18(23)17-19(27-20)28(6-2-1-5-24-12-3-4-12)16(25-17)8-11-7-14-15(9-13(11)22)30-10-29-14/h7,9,12,24H,1-6,8,10H2,(H2,23,26,27). The van der Waals surface area contributed by atoms with Crippen LogP contribution in [-0.4, -0.2) is 38.9 Å². The van der Waals surface area contributed by atoms with Crippen LogP contribution in [0.3, 0.4) is 0 Å². The number of nitrogens with two attached hydrogens (primary N) is 1. The van der Waals surface area contributed by atoms with E-state index in [1.807, 2.05) is 16.7 Å². The number of benzene rings is 1. The van der Waals surface area contributed by atoms with E-state index < -0.39 is 6.08 Å². The van der Waals surface area contributed by atoms with Gasteiger partial charge in [-0.1, -0.05) is 0 Å². The van der Waals surface area contributed by atoms with E-state index in [9.17, 15) is 4.39 Å². The molecule has 158 valence electrons. The Morgan fingerprint density at radius 3 is 2.77 bits per heavy atom. The summed E-state index contributed by atoms with van der Waals surface area (Å²) in [5, 5.41) is 3.52. The molecule has 0 unspecified atom stereocenters. The molecule has 1 saturated carbocycles. The maximum atomic E-state index is 13.9. The zero-order valence-corrected chi connectivity index (χ0v) is 18.5. The number of hydrogen-bond acceptors (Lipinski definition) is 7. The molecule has 0 amide bonds. The van der Waals surface area contributed by atoms with Gasteiger partial charge in [0.05, 0.1) is 0 Å². The lowest BCUT2D eigenvalue weighted by atomic mass is 10.1. The van der Waals surface area contributed by atoms with Crippen molar-refractivity contribution < 1.29 is 13.9 Å². The summed E-state index contributed by atoms with van der Waals surface area (Å²) >= 11 is 2.28. The van der Waals surface area contributed by atoms with Crippen LogP contribution in [0.15, 0.2) is 12.1 Å². The van der Waals surface area contributed by atoms with Gasteiger partial charge < -0.3 is 25.1 Å². The largest absolute Gasteiger partial charge is 0.454 e. The quantitative estimate of drug-likeness (QED) is 0.266. The molecule has 0 bridgehead atoms. The van der Waals surface area contributed by atoms with E-state index in [0.717, 1.165) is 45.8 Å². The van der Waals surface area contributed by atoms with Gasteiger partial charge in [-0.3, -0.25) is 0 Å². The Bertz CT molecular complexity index is 1100. The second kappa shape index (κ2) is 8.14. The third-order valence-electron chi connectivity index (χ3n) is 5.38. The van der Waals surface area contributed by atoms with Crippen molar-refractivity contribution in [1.29, 1.82) is 0 Å². The monoisotopic (exact) mass is 524 g/mol. The Labute approximate surface area is 186 Å². The Kier molecular flexibility index (Phi) is 5.35. The summed E-state index contributed by atoms with van der Waals surface area (Å²) in [6.45, 7) is 1.90. The van der Waals surface area contributed by atoms with Crippen molar-refractivity contribution in [2.24, 2.45) is 0 Å². The minimum absolute atomic E-state index is 0.0632. The molecule has 0 saturated heterocycles. The minimum Gasteiger partial charge on any atom is -0.454 e. The summed E-state index contributed by atoms with van der Waals surface area (Å²) in [6, 6.07) is 4.63. The highest BCUT2D eigenvalue weighted by Crippen LogP contribution is 2.36. The van der Waals surface area contributed by atoms with Crippen molar-refractivity contribution in [3.05, 3.63) is 33.2 Å². The SMILES string of the molecule is Nc1nc(F)nc2c1nc(Cc1cc3c(cc1I)OCO3)n2CCCCNC1CC1. The molecule has 8 nitrogen and oxygen atoms in total. The Morgan fingerprint density at radius 1 is 1.17 bits per heavy atom. The molecule has 3 heterocycles. The molecule has 0 atom stereocenters. The van der Waals surface area contributed by atoms with Gasteiger partial charge in [0.1, 0.15) is 5.82 Å². The molecule has 1 aliphatic heterocycles. The first kappa shape index (κ1) is 19.7. The maximum absolute atomic E-state index is 13.9. The van der Waals surface area contributed by atoms with Crippen LogP contribution in [0, 0.1) is 9.65 Å². The fourth-order valence-electron chi connectivity index (χ4n) is 3.66. The fourth-order valence-corrected chi connectivity index (χ4v) is 4.29. The van der Waals surface area contributed by atoms with Crippen molar-refractivity contribution >= 4 is 39.6 Å². The van der Waals surface area contributed by atoms with Crippen LogP contribution in [0.2, 0.25) is 0 Å². The number of nitrogens with zero attached hydrogens (tertiary/aromatic N) is 4. The predicted molar refractivity (Wildman–Crippen MR) is 118 cm³/mol. The Morgan fingerprint density at radius 2 is 1.97 bits per heavy atom. The van der Waals surface area contributed by atoms with Crippen molar-refractivity contribution in [2.75, 3.05) is 19.1 Å². The van der Waals surface area contributed by atoms with Crippen LogP contribution in [0.25, 0.3) is 11.2 Å². The summed E-state index contributed by atoms with van der Waals surface area (Å²) in [6.07, 6.45) is 4.23. The number of ether oxygens (including phenoxy) is 2. The third kappa shape index (κ3) is 4.02. The van der Waals surface area contributed by atoms with Gasteiger partial charge in [0.2, 0.25) is 6.79 Å². The van der Waals surface area contributed by atoms with E-state index in [1.54, 1.807) is 0 Å². The number of nitrogens with one attached hydrogen (secondary N) is 1. The third-order valence-corrected chi connectivity index (χ3v) is 6.39. The lowest BCUT2D eigenvalue weighted by Crippen LogP contribution is -2.18. The molecule has 2 aliphatic rings. The highest BCUT2D eigenvalue weighted by atomic mass is 127. The van der Waals surface area contributed by atoms with Gasteiger partial charge in [0, 0.05) is 22.6 Å². The lowest BCUT2D eigenvalue weighted by Gasteiger charge is -2.11. The van der Waals surface area contributed by atoms with E-state index in [-0.39, 0.29) is 12.6 Å². The zero-order valence-electron chi connectivity index (χ0n) is 16.3. The van der Waals surface area contributed by atoms with E-state index >= 15 is 0 Å². The first-order valence-corrected chi connectivity index (χ1v) is 11.2. The van der Waals surface area contributed by atoms with Crippen molar-refractivity contribution in [3.8, 4) is 11.5 Å². The molecular weight excluding hydrogens is 502 g/mol. The van der Waals surface area contributed by atoms with Gasteiger partial charge in [-0.2, -0.15) is 14.4 Å². The summed E-state index contributed by atoms with van der Waals surface area (Å²) in [7, 11) is 0. The van der Waals surface area contributed by atoms with Crippen LogP contribution < -0.4 is 20.5 Å². The van der Waals surface area contributed by atoms with Gasteiger partial charge in [0.25, 0.3) is 0 Å². The van der Waals surface area contributed by atoms with Gasteiger partial charge in [0.15, 0.2) is 28.5 Å². The first-order valence-electron chi connectivity index (χ1n) is 10.1. The van der Waals surface area contributed by atoms with E-state index in [0.29, 0.717) is 30.2 Å². The predicted octanol–water partition coefficient (Wildman–Crippen LogP) is 3.00. The van der Waals surface area contributed by atoms with Crippen LogP contribution in [0.1, 0.15) is 37.1 Å². The molecule has 1 aliphatic carbocycles. The number of fused-ring (bicyclic) bond motifs is 2. The zero-order chi connectivity index (χ0) is 20.7. The first-order chi connectivity index (χ1) is 14.6. The molecule has 2 aromatic heterocycles. The van der Waals surface area contributed by atoms with Crippen molar-refractivity contribution in [3.63, 3.8) is 0 Å². The fraction of sp³-hybridized carbons (Fsp3) is 0.450. The highest BCUT2D eigenvalue weighted by molar-refractivity contribution is 14.1. The van der Waals surface area contributed by atoms with Crippen LogP contribution >= 0.6 is 22.6 Å². The molecule has 0 spiro atoms. The van der Waals surface area contributed by atoms with E-state index in [4.69, 9.17) is 15.2 Å². The lowest BCUT2D eigenvalue weighted by molar-refractivity contribution is 0.174. The van der Waals surface area contributed by atoms with Crippen molar-refractivity contribution in [2.45, 2.75) is 44.7 Å². The molecule has 10 heteroatoms. The molecule has 3 aromatic rings. The normalized spacial score (nSPS) is 15.3. The van der Waals surface area contributed by atoms with Crippen LogP contribution in [0.4, 0.5) is 10.2 Å². The number of rotatable bonds is 8. The van der Waals surface area contributed by atoms with Crippen LogP contribution in [0.5, 0.6) is 11.5 Å². The summed E-state index contributed by atoms with van der Waals surface area (Å²) in [4.78, 5) is 12.3. The number of nitrogen functional groups attached to an aromatic ring is 1. The summed E-state index contributed by atoms with van der Waals surface area (Å²) < 4.78 is 27.9. The average molecular weight is 524 g/mol. The second-order valence-electron chi connectivity index (χ2n) is 7.64. The molecule has 30 heavy (non-hydrogen) atoms. The molecule has 3 N–H and O–H groups in total. The molecule has 0 radical (unpaired) electrons. The van der Waals surface area contributed by atoms with Gasteiger partial charge in [-0.05, 0) is 72.5 Å². The minimum atomic E-state index is -0.833. The number of unbranched alkanes of at least 4 members (excludes halogenated alkanes) is 1. The number of aromatic nitrogens is 4. The van der Waals surface area contributed by atoms with Gasteiger partial charge >= 0.3 is 6.08 Å².